The van der Waals surface area contributed by atoms with E-state index in [9.17, 15) is 9.59 Å². The molecule has 0 bridgehead atoms. The van der Waals surface area contributed by atoms with Crippen molar-refractivity contribution in [1.82, 2.24) is 0 Å². The van der Waals surface area contributed by atoms with Crippen LogP contribution in [-0.2, 0) is 14.3 Å². The van der Waals surface area contributed by atoms with Gasteiger partial charge < -0.3 is 9.84 Å². The van der Waals surface area contributed by atoms with Gasteiger partial charge in [-0.05, 0) is 38.0 Å². The van der Waals surface area contributed by atoms with Crippen LogP contribution in [0.4, 0.5) is 0 Å². The predicted octanol–water partition coefficient (Wildman–Crippen LogP) is 18.9. The van der Waals surface area contributed by atoms with Crippen LogP contribution in [0.25, 0.3) is 0 Å². The maximum Gasteiger partial charge on any atom is 0.308 e. The molecule has 0 aromatic carbocycles. The molecule has 4 nitrogen and oxygen atoms in total. The molecule has 0 amide bonds. The Hall–Kier alpha value is -1.06. The largest absolute Gasteiger partial charge is 0.481 e. The molecule has 0 heterocycles. The van der Waals surface area contributed by atoms with E-state index in [1.165, 1.54) is 263 Å². The second kappa shape index (κ2) is 48.6. The minimum atomic E-state index is -0.663. The smallest absolute Gasteiger partial charge is 0.308 e. The molecule has 0 spiro atoms. The van der Waals surface area contributed by atoms with Gasteiger partial charge in [-0.2, -0.15) is 0 Å². The Labute approximate surface area is 364 Å². The summed E-state index contributed by atoms with van der Waals surface area (Å²) >= 11 is 0. The third-order valence-electron chi connectivity index (χ3n) is 13.1. The van der Waals surface area contributed by atoms with Crippen molar-refractivity contribution >= 4 is 11.9 Å². The summed E-state index contributed by atoms with van der Waals surface area (Å²) in [5.74, 6) is 0.102. The van der Waals surface area contributed by atoms with Crippen molar-refractivity contribution in [3.8, 4) is 0 Å². The van der Waals surface area contributed by atoms with Crippen molar-refractivity contribution in [3.63, 3.8) is 0 Å². The zero-order valence-corrected chi connectivity index (χ0v) is 40.1. The molecule has 0 aromatic rings. The van der Waals surface area contributed by atoms with Crippen molar-refractivity contribution in [3.05, 3.63) is 0 Å². The van der Waals surface area contributed by atoms with Gasteiger partial charge in [-0.3, -0.25) is 9.59 Å². The molecule has 0 aliphatic heterocycles. The molecule has 58 heavy (non-hydrogen) atoms. The van der Waals surface area contributed by atoms with Gasteiger partial charge in [-0.15, -0.1) is 0 Å². The van der Waals surface area contributed by atoms with Crippen molar-refractivity contribution in [2.75, 3.05) is 6.61 Å². The lowest BCUT2D eigenvalue weighted by Gasteiger charge is -2.21. The lowest BCUT2D eigenvalue weighted by Crippen LogP contribution is -2.22. The van der Waals surface area contributed by atoms with Crippen LogP contribution in [-0.4, -0.2) is 23.7 Å². The van der Waals surface area contributed by atoms with E-state index in [4.69, 9.17) is 9.84 Å². The van der Waals surface area contributed by atoms with E-state index < -0.39 is 5.97 Å². The Morgan fingerprint density at radius 2 is 0.586 bits per heavy atom. The van der Waals surface area contributed by atoms with E-state index >= 15 is 0 Å². The first-order valence-corrected chi connectivity index (χ1v) is 26.9. The van der Waals surface area contributed by atoms with Gasteiger partial charge in [0.15, 0.2) is 0 Å². The summed E-state index contributed by atoms with van der Waals surface area (Å²) in [7, 11) is 0. The zero-order valence-electron chi connectivity index (χ0n) is 40.1. The number of unbranched alkanes of at least 4 members (excludes halogenated alkanes) is 37. The molecule has 0 aliphatic carbocycles. The van der Waals surface area contributed by atoms with Crippen LogP contribution >= 0.6 is 0 Å². The fourth-order valence-corrected chi connectivity index (χ4v) is 8.99. The number of carboxylic acids is 1. The second-order valence-corrected chi connectivity index (χ2v) is 18.9. The summed E-state index contributed by atoms with van der Waals surface area (Å²) in [6.45, 7) is 7.55. The van der Waals surface area contributed by atoms with Crippen molar-refractivity contribution in [1.29, 1.82) is 0 Å². The number of carbonyl (C=O) groups excluding carboxylic acids is 1. The number of hydrogen-bond donors (Lipinski definition) is 1. The molecule has 0 radical (unpaired) electrons. The lowest BCUT2D eigenvalue weighted by molar-refractivity contribution is -0.150. The molecule has 1 N–H and O–H groups in total. The van der Waals surface area contributed by atoms with Crippen LogP contribution in [0.5, 0.6) is 0 Å². The lowest BCUT2D eigenvalue weighted by atomic mass is 9.93. The molecular weight excluding hydrogens is 713 g/mol. The maximum absolute atomic E-state index is 13.7. The Morgan fingerprint density at radius 3 is 0.862 bits per heavy atom. The highest BCUT2D eigenvalue weighted by atomic mass is 16.5. The van der Waals surface area contributed by atoms with E-state index in [1.807, 2.05) is 0 Å². The van der Waals surface area contributed by atoms with Gasteiger partial charge in [0.05, 0.1) is 12.5 Å². The zero-order chi connectivity index (χ0) is 42.3. The van der Waals surface area contributed by atoms with Gasteiger partial charge in [0.2, 0.25) is 0 Å². The average Bonchev–Trinajstić information content (AvgIpc) is 3.22. The molecule has 2 unspecified atom stereocenters. The van der Waals surface area contributed by atoms with E-state index in [0.717, 1.165) is 25.7 Å². The van der Waals surface area contributed by atoms with Gasteiger partial charge in [0.25, 0.3) is 0 Å². The topological polar surface area (TPSA) is 63.6 Å². The standard InChI is InChI=1S/C54H106O4/c1-4-7-10-13-16-18-19-20-22-25-28-32-37-42-47-52(48-43-38-33-29-26-23-21-24-27-30-34-39-44-49-53(55)56)54(57)58-50-51(45-40-35-15-12-9-6-3)46-41-36-31-17-14-11-8-5-2/h51-52H,4-50H2,1-3H3,(H,55,56). The summed E-state index contributed by atoms with van der Waals surface area (Å²) in [5.41, 5.74) is 0. The Balaban J connectivity index is 4.66. The molecular formula is C54H106O4. The third kappa shape index (κ3) is 44.5. The minimum absolute atomic E-state index is 0.0965. The number of carbonyl (C=O) groups is 2. The number of esters is 1. The van der Waals surface area contributed by atoms with E-state index in [0.29, 0.717) is 18.9 Å². The molecule has 0 aromatic heterocycles. The molecule has 2 atom stereocenters. The summed E-state index contributed by atoms with van der Waals surface area (Å²) in [6.07, 6.45) is 59.0. The maximum atomic E-state index is 13.7. The Bertz CT molecular complexity index is 811. The second-order valence-electron chi connectivity index (χ2n) is 18.9. The summed E-state index contributed by atoms with van der Waals surface area (Å²) < 4.78 is 6.27. The summed E-state index contributed by atoms with van der Waals surface area (Å²) in [5, 5.41) is 8.77. The van der Waals surface area contributed by atoms with Gasteiger partial charge in [-0.25, -0.2) is 0 Å². The molecule has 346 valence electrons. The number of aliphatic carboxylic acids is 1. The SMILES string of the molecule is CCCCCCCCCCCCCCCCC(CCCCCCCCCCCCCCCC(=O)O)C(=O)OCC(CCCCCCCC)CCCCCCCCCC. The molecule has 0 saturated carbocycles. The molecule has 0 saturated heterocycles. The van der Waals surface area contributed by atoms with E-state index in [-0.39, 0.29) is 11.9 Å². The normalized spacial score (nSPS) is 12.6. The summed E-state index contributed by atoms with van der Waals surface area (Å²) in [4.78, 5) is 24.4. The Kier molecular flexibility index (Phi) is 47.7. The molecule has 0 fully saturated rings. The fourth-order valence-electron chi connectivity index (χ4n) is 8.99. The van der Waals surface area contributed by atoms with Crippen LogP contribution in [0.15, 0.2) is 0 Å². The molecule has 0 aliphatic rings. The Morgan fingerprint density at radius 1 is 0.345 bits per heavy atom. The quantitative estimate of drug-likeness (QED) is 0.0490. The van der Waals surface area contributed by atoms with Gasteiger partial charge >= 0.3 is 11.9 Å². The van der Waals surface area contributed by atoms with Crippen LogP contribution in [0.1, 0.15) is 316 Å². The first-order chi connectivity index (χ1) is 28.5. The molecule has 4 heteroatoms. The van der Waals surface area contributed by atoms with E-state index in [2.05, 4.69) is 20.8 Å². The van der Waals surface area contributed by atoms with Gasteiger partial charge in [-0.1, -0.05) is 278 Å². The number of hydrogen-bond acceptors (Lipinski definition) is 3. The monoisotopic (exact) mass is 819 g/mol. The van der Waals surface area contributed by atoms with Crippen molar-refractivity contribution < 1.29 is 19.4 Å². The van der Waals surface area contributed by atoms with Gasteiger partial charge in [0, 0.05) is 6.42 Å². The number of rotatable bonds is 50. The first kappa shape index (κ1) is 56.9. The van der Waals surface area contributed by atoms with E-state index in [1.54, 1.807) is 0 Å². The third-order valence-corrected chi connectivity index (χ3v) is 13.1. The predicted molar refractivity (Wildman–Crippen MR) is 255 cm³/mol. The number of carboxylic acid groups (broad SMARTS) is 1. The van der Waals surface area contributed by atoms with Crippen LogP contribution in [0.2, 0.25) is 0 Å². The fraction of sp³-hybridized carbons (Fsp3) is 0.963. The number of ether oxygens (including phenoxy) is 1. The minimum Gasteiger partial charge on any atom is -0.481 e. The highest BCUT2D eigenvalue weighted by Crippen LogP contribution is 2.25. The van der Waals surface area contributed by atoms with Crippen molar-refractivity contribution in [2.24, 2.45) is 11.8 Å². The molecule has 0 rings (SSSR count). The van der Waals surface area contributed by atoms with Crippen LogP contribution in [0.3, 0.4) is 0 Å². The van der Waals surface area contributed by atoms with Crippen LogP contribution in [0, 0.1) is 11.8 Å². The van der Waals surface area contributed by atoms with Crippen molar-refractivity contribution in [2.45, 2.75) is 316 Å². The average molecular weight is 819 g/mol. The van der Waals surface area contributed by atoms with Crippen LogP contribution < -0.4 is 0 Å². The first-order valence-electron chi connectivity index (χ1n) is 26.9. The highest BCUT2D eigenvalue weighted by Gasteiger charge is 2.21. The highest BCUT2D eigenvalue weighted by molar-refractivity contribution is 5.72. The van der Waals surface area contributed by atoms with Gasteiger partial charge in [0.1, 0.15) is 0 Å². The summed E-state index contributed by atoms with van der Waals surface area (Å²) in [6, 6.07) is 0.